The van der Waals surface area contributed by atoms with Gasteiger partial charge in [-0.3, -0.25) is 0 Å². The highest BCUT2D eigenvalue weighted by molar-refractivity contribution is 5.43. The van der Waals surface area contributed by atoms with Crippen LogP contribution in [0.5, 0.6) is 11.5 Å². The minimum Gasteiger partial charge on any atom is -0.493 e. The minimum atomic E-state index is -0.270. The Morgan fingerprint density at radius 2 is 2.00 bits per heavy atom. The molecule has 5 nitrogen and oxygen atoms in total. The van der Waals surface area contributed by atoms with Gasteiger partial charge < -0.3 is 19.3 Å². The van der Waals surface area contributed by atoms with Crippen molar-refractivity contribution in [2.75, 3.05) is 7.11 Å². The van der Waals surface area contributed by atoms with Gasteiger partial charge in [-0.2, -0.15) is 0 Å². The van der Waals surface area contributed by atoms with E-state index in [1.165, 1.54) is 18.9 Å². The SMILES string of the molecule is COc1ccc(CN[C@@H]2CCC[C@H]2Cc2cc(C)no2)cc1OCc1ccccc1F. The predicted molar refractivity (Wildman–Crippen MR) is 117 cm³/mol. The lowest BCUT2D eigenvalue weighted by atomic mass is 9.97. The fourth-order valence-corrected chi connectivity index (χ4v) is 4.28. The Labute approximate surface area is 182 Å². The third-order valence-corrected chi connectivity index (χ3v) is 5.94. The Morgan fingerprint density at radius 3 is 2.77 bits per heavy atom. The van der Waals surface area contributed by atoms with Gasteiger partial charge in [0.25, 0.3) is 0 Å². The summed E-state index contributed by atoms with van der Waals surface area (Å²) in [7, 11) is 1.61. The highest BCUT2D eigenvalue weighted by Crippen LogP contribution is 2.31. The molecule has 0 bridgehead atoms. The smallest absolute Gasteiger partial charge is 0.161 e. The Hall–Kier alpha value is -2.86. The summed E-state index contributed by atoms with van der Waals surface area (Å²) in [6.45, 7) is 2.84. The van der Waals surface area contributed by atoms with Crippen molar-refractivity contribution >= 4 is 0 Å². The zero-order valence-corrected chi connectivity index (χ0v) is 18.1. The number of benzene rings is 2. The van der Waals surface area contributed by atoms with Crippen LogP contribution in [0.3, 0.4) is 0 Å². The first kappa shape index (κ1) is 21.4. The zero-order chi connectivity index (χ0) is 21.6. The number of halogens is 1. The third-order valence-electron chi connectivity index (χ3n) is 5.94. The predicted octanol–water partition coefficient (Wildman–Crippen LogP) is 5.21. The third kappa shape index (κ3) is 5.44. The van der Waals surface area contributed by atoms with Crippen molar-refractivity contribution < 1.29 is 18.4 Å². The lowest BCUT2D eigenvalue weighted by Gasteiger charge is -2.20. The minimum absolute atomic E-state index is 0.154. The molecule has 164 valence electrons. The first-order chi connectivity index (χ1) is 15.1. The lowest BCUT2D eigenvalue weighted by molar-refractivity contribution is 0.279. The van der Waals surface area contributed by atoms with Gasteiger partial charge in [0.2, 0.25) is 0 Å². The highest BCUT2D eigenvalue weighted by Gasteiger charge is 2.28. The zero-order valence-electron chi connectivity index (χ0n) is 18.1. The number of rotatable bonds is 9. The summed E-state index contributed by atoms with van der Waals surface area (Å²) in [5.74, 6) is 2.49. The fraction of sp³-hybridized carbons (Fsp3) is 0.400. The second kappa shape index (κ2) is 9.96. The van der Waals surface area contributed by atoms with E-state index >= 15 is 0 Å². The van der Waals surface area contributed by atoms with Crippen LogP contribution in [0.4, 0.5) is 4.39 Å². The average molecular weight is 425 g/mol. The molecule has 4 rings (SSSR count). The van der Waals surface area contributed by atoms with Crippen LogP contribution in [0.2, 0.25) is 0 Å². The quantitative estimate of drug-likeness (QED) is 0.511. The molecule has 0 aliphatic heterocycles. The molecule has 0 spiro atoms. The number of nitrogens with zero attached hydrogens (tertiary/aromatic N) is 1. The van der Waals surface area contributed by atoms with Crippen molar-refractivity contribution in [1.82, 2.24) is 10.5 Å². The summed E-state index contributed by atoms with van der Waals surface area (Å²) < 4.78 is 30.6. The number of aryl methyl sites for hydroxylation is 1. The maximum absolute atomic E-state index is 13.9. The van der Waals surface area contributed by atoms with E-state index in [0.717, 1.165) is 36.4 Å². The molecule has 31 heavy (non-hydrogen) atoms. The van der Waals surface area contributed by atoms with E-state index in [1.54, 1.807) is 25.3 Å². The molecule has 0 radical (unpaired) electrons. The summed E-state index contributed by atoms with van der Waals surface area (Å²) in [6.07, 6.45) is 4.48. The molecule has 0 unspecified atom stereocenters. The van der Waals surface area contributed by atoms with E-state index in [4.69, 9.17) is 14.0 Å². The fourth-order valence-electron chi connectivity index (χ4n) is 4.28. The first-order valence-electron chi connectivity index (χ1n) is 10.8. The molecule has 0 amide bonds. The monoisotopic (exact) mass is 424 g/mol. The number of aromatic nitrogens is 1. The topological polar surface area (TPSA) is 56.5 Å². The second-order valence-electron chi connectivity index (χ2n) is 8.18. The molecule has 1 aromatic heterocycles. The molecule has 3 aromatic rings. The van der Waals surface area contributed by atoms with Crippen molar-refractivity contribution in [3.05, 3.63) is 76.9 Å². The Bertz CT molecular complexity index is 1000. The summed E-state index contributed by atoms with van der Waals surface area (Å²) >= 11 is 0. The molecular weight excluding hydrogens is 395 g/mol. The Morgan fingerprint density at radius 1 is 1.13 bits per heavy atom. The van der Waals surface area contributed by atoms with E-state index < -0.39 is 0 Å². The van der Waals surface area contributed by atoms with Gasteiger partial charge in [-0.15, -0.1) is 0 Å². The Balaban J connectivity index is 1.38. The van der Waals surface area contributed by atoms with Crippen LogP contribution in [0.15, 0.2) is 53.1 Å². The number of methoxy groups -OCH3 is 1. The van der Waals surface area contributed by atoms with Crippen molar-refractivity contribution in [3.63, 3.8) is 0 Å². The van der Waals surface area contributed by atoms with Crippen LogP contribution in [-0.2, 0) is 19.6 Å². The van der Waals surface area contributed by atoms with Crippen molar-refractivity contribution in [3.8, 4) is 11.5 Å². The summed E-state index contributed by atoms with van der Waals surface area (Å²) in [6, 6.07) is 15.0. The standard InChI is InChI=1S/C25H29FN2O3/c1-17-12-21(31-28-17)14-19-7-5-9-23(19)27-15-18-10-11-24(29-2)25(13-18)30-16-20-6-3-4-8-22(20)26/h3-4,6,8,10-13,19,23,27H,5,7,9,14-16H2,1-2H3/t19-,23+/m0/s1. The molecule has 1 saturated carbocycles. The van der Waals surface area contributed by atoms with Gasteiger partial charge in [-0.05, 0) is 49.4 Å². The van der Waals surface area contributed by atoms with Crippen LogP contribution < -0.4 is 14.8 Å². The number of hydrogen-bond donors (Lipinski definition) is 1. The molecule has 1 aliphatic rings. The van der Waals surface area contributed by atoms with E-state index in [9.17, 15) is 4.39 Å². The van der Waals surface area contributed by atoms with Crippen molar-refractivity contribution in [2.24, 2.45) is 5.92 Å². The van der Waals surface area contributed by atoms with Gasteiger partial charge in [-0.25, -0.2) is 4.39 Å². The summed E-state index contributed by atoms with van der Waals surface area (Å²) in [5.41, 5.74) is 2.55. The van der Waals surface area contributed by atoms with E-state index in [1.807, 2.05) is 31.2 Å². The van der Waals surface area contributed by atoms with Gasteiger partial charge >= 0.3 is 0 Å². The lowest BCUT2D eigenvalue weighted by Crippen LogP contribution is -2.32. The van der Waals surface area contributed by atoms with E-state index in [2.05, 4.69) is 10.5 Å². The molecule has 1 fully saturated rings. The van der Waals surface area contributed by atoms with E-state index in [0.29, 0.717) is 29.0 Å². The van der Waals surface area contributed by atoms with Gasteiger partial charge in [0.1, 0.15) is 18.2 Å². The normalized spacial score (nSPS) is 18.3. The van der Waals surface area contributed by atoms with E-state index in [-0.39, 0.29) is 12.4 Å². The van der Waals surface area contributed by atoms with Crippen molar-refractivity contribution in [2.45, 2.75) is 51.8 Å². The number of nitrogens with one attached hydrogen (secondary N) is 1. The van der Waals surface area contributed by atoms with Crippen molar-refractivity contribution in [1.29, 1.82) is 0 Å². The van der Waals surface area contributed by atoms with Crippen LogP contribution in [0, 0.1) is 18.7 Å². The van der Waals surface area contributed by atoms with Crippen LogP contribution >= 0.6 is 0 Å². The molecule has 1 heterocycles. The molecule has 0 saturated heterocycles. The Kier molecular flexibility index (Phi) is 6.87. The maximum Gasteiger partial charge on any atom is 0.161 e. The molecule has 2 aromatic carbocycles. The molecule has 6 heteroatoms. The molecule has 2 atom stereocenters. The summed E-state index contributed by atoms with van der Waals surface area (Å²) in [4.78, 5) is 0. The second-order valence-corrected chi connectivity index (χ2v) is 8.18. The van der Waals surface area contributed by atoms with Crippen LogP contribution in [0.25, 0.3) is 0 Å². The highest BCUT2D eigenvalue weighted by atomic mass is 19.1. The largest absolute Gasteiger partial charge is 0.493 e. The molecule has 1 N–H and O–H groups in total. The number of hydrogen-bond acceptors (Lipinski definition) is 5. The van der Waals surface area contributed by atoms with Gasteiger partial charge in [0, 0.05) is 30.6 Å². The first-order valence-corrected chi connectivity index (χ1v) is 10.8. The van der Waals surface area contributed by atoms with Gasteiger partial charge in [0.15, 0.2) is 11.5 Å². The van der Waals surface area contributed by atoms with Crippen LogP contribution in [-0.4, -0.2) is 18.3 Å². The maximum atomic E-state index is 13.9. The average Bonchev–Trinajstić information content (AvgIpc) is 3.40. The number of ether oxygens (including phenoxy) is 2. The molecular formula is C25H29FN2O3. The molecule has 1 aliphatic carbocycles. The van der Waals surface area contributed by atoms with Gasteiger partial charge in [-0.1, -0.05) is 35.8 Å². The van der Waals surface area contributed by atoms with Crippen LogP contribution in [0.1, 0.15) is 41.8 Å². The summed E-state index contributed by atoms with van der Waals surface area (Å²) in [5, 5.41) is 7.71. The van der Waals surface area contributed by atoms with Gasteiger partial charge in [0.05, 0.1) is 12.8 Å².